The summed E-state index contributed by atoms with van der Waals surface area (Å²) in [6.45, 7) is 2.04. The number of hydrogen-bond acceptors (Lipinski definition) is 4. The molecule has 1 aromatic carbocycles. The van der Waals surface area contributed by atoms with Gasteiger partial charge in [-0.3, -0.25) is 0 Å². The predicted molar refractivity (Wildman–Crippen MR) is 61.3 cm³/mol. The summed E-state index contributed by atoms with van der Waals surface area (Å²) >= 11 is 0. The minimum atomic E-state index is -0.309. The first kappa shape index (κ1) is 10.8. The Bertz CT molecular complexity index is 513. The standard InChI is InChI=1S/C11H13FN4/c1-2-3-10-14-9-6-7(12)4-5-8(9)11(15-10)16-13/h4-6H,2-3,13H2,1H3,(H,14,15,16). The van der Waals surface area contributed by atoms with Crippen LogP contribution in [0.15, 0.2) is 18.2 Å². The van der Waals surface area contributed by atoms with E-state index in [9.17, 15) is 4.39 Å². The summed E-state index contributed by atoms with van der Waals surface area (Å²) in [6.07, 6.45) is 1.69. The molecule has 0 atom stereocenters. The molecule has 0 aliphatic rings. The van der Waals surface area contributed by atoms with Crippen LogP contribution in [0.2, 0.25) is 0 Å². The van der Waals surface area contributed by atoms with Gasteiger partial charge in [-0.15, -0.1) is 0 Å². The van der Waals surface area contributed by atoms with Crippen molar-refractivity contribution in [2.45, 2.75) is 19.8 Å². The number of aromatic nitrogens is 2. The number of nitrogens with zero attached hydrogens (tertiary/aromatic N) is 2. The molecule has 4 nitrogen and oxygen atoms in total. The number of benzene rings is 1. The van der Waals surface area contributed by atoms with Gasteiger partial charge in [0.15, 0.2) is 5.82 Å². The highest BCUT2D eigenvalue weighted by Gasteiger charge is 2.07. The first-order valence-corrected chi connectivity index (χ1v) is 5.17. The van der Waals surface area contributed by atoms with E-state index < -0.39 is 0 Å². The van der Waals surface area contributed by atoms with Crippen molar-refractivity contribution in [2.24, 2.45) is 5.84 Å². The largest absolute Gasteiger partial charge is 0.308 e. The maximum absolute atomic E-state index is 13.1. The molecule has 0 bridgehead atoms. The lowest BCUT2D eigenvalue weighted by Gasteiger charge is -2.07. The number of aryl methyl sites for hydroxylation is 1. The minimum Gasteiger partial charge on any atom is -0.308 e. The van der Waals surface area contributed by atoms with Gasteiger partial charge in [0.05, 0.1) is 5.52 Å². The Kier molecular flexibility index (Phi) is 2.96. The molecule has 84 valence electrons. The fraction of sp³-hybridized carbons (Fsp3) is 0.273. The molecule has 1 heterocycles. The number of hydrazine groups is 1. The van der Waals surface area contributed by atoms with E-state index in [0.29, 0.717) is 17.2 Å². The Morgan fingerprint density at radius 1 is 1.38 bits per heavy atom. The first-order valence-electron chi connectivity index (χ1n) is 5.17. The van der Waals surface area contributed by atoms with Crippen molar-refractivity contribution in [2.75, 3.05) is 5.43 Å². The maximum Gasteiger partial charge on any atom is 0.151 e. The molecule has 0 saturated carbocycles. The van der Waals surface area contributed by atoms with Gasteiger partial charge in [0, 0.05) is 17.9 Å². The Morgan fingerprint density at radius 2 is 2.19 bits per heavy atom. The molecule has 5 heteroatoms. The van der Waals surface area contributed by atoms with Crippen LogP contribution in [0.5, 0.6) is 0 Å². The van der Waals surface area contributed by atoms with Crippen LogP contribution < -0.4 is 11.3 Å². The smallest absolute Gasteiger partial charge is 0.151 e. The minimum absolute atomic E-state index is 0.309. The van der Waals surface area contributed by atoms with Crippen LogP contribution in [-0.4, -0.2) is 9.97 Å². The third kappa shape index (κ3) is 1.94. The van der Waals surface area contributed by atoms with Crippen LogP contribution in [0.4, 0.5) is 10.2 Å². The number of fused-ring (bicyclic) bond motifs is 1. The van der Waals surface area contributed by atoms with E-state index in [1.165, 1.54) is 12.1 Å². The Hall–Kier alpha value is -1.75. The van der Waals surface area contributed by atoms with E-state index in [1.54, 1.807) is 6.07 Å². The van der Waals surface area contributed by atoms with Crippen LogP contribution in [0.1, 0.15) is 19.2 Å². The van der Waals surface area contributed by atoms with Crippen LogP contribution in [0.3, 0.4) is 0 Å². The second kappa shape index (κ2) is 4.40. The second-order valence-electron chi connectivity index (χ2n) is 3.54. The van der Waals surface area contributed by atoms with Crippen molar-refractivity contribution in [3.05, 3.63) is 29.8 Å². The molecule has 0 saturated heterocycles. The summed E-state index contributed by atoms with van der Waals surface area (Å²) in [4.78, 5) is 8.56. The lowest BCUT2D eigenvalue weighted by molar-refractivity contribution is 0.629. The SMILES string of the molecule is CCCc1nc(NN)c2ccc(F)cc2n1. The predicted octanol–water partition coefficient (Wildman–Crippen LogP) is 2.01. The summed E-state index contributed by atoms with van der Waals surface area (Å²) in [5.74, 6) is 6.29. The molecule has 16 heavy (non-hydrogen) atoms. The number of nitrogen functional groups attached to an aromatic ring is 1. The average Bonchev–Trinajstić information content (AvgIpc) is 2.27. The van der Waals surface area contributed by atoms with Crippen LogP contribution in [0, 0.1) is 5.82 Å². The van der Waals surface area contributed by atoms with Gasteiger partial charge in [-0.1, -0.05) is 6.92 Å². The summed E-state index contributed by atoms with van der Waals surface area (Å²) in [6, 6.07) is 4.37. The van der Waals surface area contributed by atoms with Crippen molar-refractivity contribution in [1.82, 2.24) is 9.97 Å². The number of anilines is 1. The molecule has 0 spiro atoms. The fourth-order valence-corrected chi connectivity index (χ4v) is 1.60. The zero-order valence-electron chi connectivity index (χ0n) is 9.00. The quantitative estimate of drug-likeness (QED) is 0.613. The van der Waals surface area contributed by atoms with Gasteiger partial charge in [-0.05, 0) is 18.6 Å². The van der Waals surface area contributed by atoms with Crippen molar-refractivity contribution in [3.63, 3.8) is 0 Å². The average molecular weight is 220 g/mol. The fourth-order valence-electron chi connectivity index (χ4n) is 1.60. The van der Waals surface area contributed by atoms with E-state index in [0.717, 1.165) is 18.2 Å². The molecule has 0 unspecified atom stereocenters. The highest BCUT2D eigenvalue weighted by atomic mass is 19.1. The third-order valence-electron chi connectivity index (χ3n) is 2.32. The monoisotopic (exact) mass is 220 g/mol. The number of hydrogen-bond donors (Lipinski definition) is 2. The van der Waals surface area contributed by atoms with Gasteiger partial charge in [-0.2, -0.15) is 0 Å². The Labute approximate surface area is 92.7 Å². The van der Waals surface area contributed by atoms with E-state index >= 15 is 0 Å². The summed E-state index contributed by atoms with van der Waals surface area (Å²) < 4.78 is 13.1. The van der Waals surface area contributed by atoms with Crippen LogP contribution in [0.25, 0.3) is 10.9 Å². The third-order valence-corrected chi connectivity index (χ3v) is 2.32. The van der Waals surface area contributed by atoms with Gasteiger partial charge >= 0.3 is 0 Å². The zero-order chi connectivity index (χ0) is 11.5. The maximum atomic E-state index is 13.1. The van der Waals surface area contributed by atoms with E-state index in [1.807, 2.05) is 6.92 Å². The lowest BCUT2D eigenvalue weighted by atomic mass is 10.2. The van der Waals surface area contributed by atoms with Crippen molar-refractivity contribution < 1.29 is 4.39 Å². The number of halogens is 1. The van der Waals surface area contributed by atoms with Gasteiger partial charge < -0.3 is 5.43 Å². The second-order valence-corrected chi connectivity index (χ2v) is 3.54. The van der Waals surface area contributed by atoms with Gasteiger partial charge in [-0.25, -0.2) is 20.2 Å². The molecule has 3 N–H and O–H groups in total. The molecule has 0 aliphatic heterocycles. The molecule has 0 radical (unpaired) electrons. The highest BCUT2D eigenvalue weighted by molar-refractivity contribution is 5.88. The number of nitrogens with two attached hydrogens (primary N) is 1. The normalized spacial score (nSPS) is 10.7. The molecular weight excluding hydrogens is 207 g/mol. The van der Waals surface area contributed by atoms with E-state index in [2.05, 4.69) is 15.4 Å². The van der Waals surface area contributed by atoms with Crippen molar-refractivity contribution in [3.8, 4) is 0 Å². The Balaban J connectivity index is 2.63. The van der Waals surface area contributed by atoms with Gasteiger partial charge in [0.2, 0.25) is 0 Å². The molecule has 0 amide bonds. The molecular formula is C11H13FN4. The summed E-state index contributed by atoms with van der Waals surface area (Å²) in [7, 11) is 0. The van der Waals surface area contributed by atoms with Crippen LogP contribution >= 0.6 is 0 Å². The number of rotatable bonds is 3. The highest BCUT2D eigenvalue weighted by Crippen LogP contribution is 2.20. The van der Waals surface area contributed by atoms with Crippen molar-refractivity contribution >= 4 is 16.7 Å². The van der Waals surface area contributed by atoms with Gasteiger partial charge in [0.1, 0.15) is 11.6 Å². The summed E-state index contributed by atoms with van der Waals surface area (Å²) in [5.41, 5.74) is 3.09. The molecule has 0 fully saturated rings. The lowest BCUT2D eigenvalue weighted by Crippen LogP contribution is -2.11. The molecule has 2 aromatic rings. The molecule has 0 aliphatic carbocycles. The molecule has 1 aromatic heterocycles. The van der Waals surface area contributed by atoms with E-state index in [4.69, 9.17) is 5.84 Å². The van der Waals surface area contributed by atoms with E-state index in [-0.39, 0.29) is 5.82 Å². The van der Waals surface area contributed by atoms with Crippen LogP contribution in [-0.2, 0) is 6.42 Å². The Morgan fingerprint density at radius 3 is 2.88 bits per heavy atom. The van der Waals surface area contributed by atoms with Gasteiger partial charge in [0.25, 0.3) is 0 Å². The topological polar surface area (TPSA) is 63.8 Å². The summed E-state index contributed by atoms with van der Waals surface area (Å²) in [5, 5.41) is 0.726. The van der Waals surface area contributed by atoms with Crippen molar-refractivity contribution in [1.29, 1.82) is 0 Å². The number of nitrogens with one attached hydrogen (secondary N) is 1. The zero-order valence-corrected chi connectivity index (χ0v) is 9.00. The first-order chi connectivity index (χ1) is 7.74. The molecule has 2 rings (SSSR count).